The Morgan fingerprint density at radius 2 is 1.93 bits per heavy atom. The van der Waals surface area contributed by atoms with E-state index in [1.807, 2.05) is 6.07 Å². The molecule has 0 fully saturated rings. The van der Waals surface area contributed by atoms with E-state index >= 15 is 0 Å². The number of hydrogen-bond donors (Lipinski definition) is 2. The molecule has 3 aromatic rings. The van der Waals surface area contributed by atoms with Gasteiger partial charge in [-0.15, -0.1) is 0 Å². The third kappa shape index (κ3) is 6.04. The van der Waals surface area contributed by atoms with Crippen LogP contribution in [0.3, 0.4) is 0 Å². The Hall–Kier alpha value is -2.90. The lowest BCUT2D eigenvalue weighted by Crippen LogP contribution is -2.26. The highest BCUT2D eigenvalue weighted by atomic mass is 79.9. The third-order valence-corrected chi connectivity index (χ3v) is 4.73. The number of halogens is 2. The van der Waals surface area contributed by atoms with Gasteiger partial charge in [0.2, 0.25) is 0 Å². The second-order valence-corrected chi connectivity index (χ2v) is 7.29. The lowest BCUT2D eigenvalue weighted by molar-refractivity contribution is -0.118. The number of ether oxygens (including phenoxy) is 1. The largest absolute Gasteiger partial charge is 0.483 e. The number of pyridine rings is 1. The number of rotatable bonds is 7. The molecule has 0 saturated carbocycles. The Morgan fingerprint density at radius 1 is 1.10 bits per heavy atom. The monoisotopic (exact) mass is 473 g/mol. The molecule has 1 aromatic heterocycles. The van der Waals surface area contributed by atoms with Gasteiger partial charge in [0.15, 0.2) is 6.61 Å². The lowest BCUT2D eigenvalue weighted by Gasteiger charge is -2.12. The lowest BCUT2D eigenvalue weighted by atomic mass is 10.1. The summed E-state index contributed by atoms with van der Waals surface area (Å²) in [6.45, 7) is 0.120. The van der Waals surface area contributed by atoms with E-state index in [9.17, 15) is 9.59 Å². The molecule has 29 heavy (non-hydrogen) atoms. The molecule has 0 saturated heterocycles. The molecule has 0 aliphatic carbocycles. The van der Waals surface area contributed by atoms with Crippen molar-refractivity contribution in [2.45, 2.75) is 6.54 Å². The van der Waals surface area contributed by atoms with Gasteiger partial charge in [-0.05, 0) is 57.9 Å². The summed E-state index contributed by atoms with van der Waals surface area (Å²) in [5.74, 6) is -0.197. The summed E-state index contributed by atoms with van der Waals surface area (Å²) in [5.41, 5.74) is 1.64. The Balaban J connectivity index is 1.60. The van der Waals surface area contributed by atoms with Crippen LogP contribution in [0.15, 0.2) is 71.5 Å². The van der Waals surface area contributed by atoms with Crippen molar-refractivity contribution < 1.29 is 14.3 Å². The third-order valence-electron chi connectivity index (χ3n) is 3.87. The van der Waals surface area contributed by atoms with Gasteiger partial charge in [0.25, 0.3) is 11.8 Å². The van der Waals surface area contributed by atoms with Crippen LogP contribution >= 0.6 is 27.5 Å². The number of carbonyl (C=O) groups is 2. The summed E-state index contributed by atoms with van der Waals surface area (Å²) in [6.07, 6.45) is 3.35. The van der Waals surface area contributed by atoms with Crippen LogP contribution < -0.4 is 15.4 Å². The summed E-state index contributed by atoms with van der Waals surface area (Å²) < 4.78 is 6.15. The Labute approximate surface area is 181 Å². The topological polar surface area (TPSA) is 80.3 Å². The number of benzene rings is 2. The summed E-state index contributed by atoms with van der Waals surface area (Å²) in [4.78, 5) is 28.9. The van der Waals surface area contributed by atoms with Crippen LogP contribution in [0, 0.1) is 0 Å². The van der Waals surface area contributed by atoms with Crippen LogP contribution in [-0.4, -0.2) is 23.4 Å². The first-order chi connectivity index (χ1) is 14.0. The van der Waals surface area contributed by atoms with E-state index in [1.54, 1.807) is 60.9 Å². The number of nitrogens with zero attached hydrogens (tertiary/aromatic N) is 1. The molecule has 0 spiro atoms. The predicted molar refractivity (Wildman–Crippen MR) is 115 cm³/mol. The predicted octanol–water partition coefficient (Wildman–Crippen LogP) is 4.45. The number of anilines is 1. The van der Waals surface area contributed by atoms with Gasteiger partial charge < -0.3 is 15.4 Å². The van der Waals surface area contributed by atoms with Crippen molar-refractivity contribution in [3.63, 3.8) is 0 Å². The summed E-state index contributed by atoms with van der Waals surface area (Å²) in [7, 11) is 0. The minimum Gasteiger partial charge on any atom is -0.483 e. The van der Waals surface area contributed by atoms with Crippen LogP contribution in [-0.2, 0) is 11.3 Å². The highest BCUT2D eigenvalue weighted by Crippen LogP contribution is 2.28. The Bertz CT molecular complexity index is 1020. The maximum Gasteiger partial charge on any atom is 0.262 e. The molecule has 2 aromatic carbocycles. The first-order valence-electron chi connectivity index (χ1n) is 8.67. The number of hydrogen-bond acceptors (Lipinski definition) is 4. The maximum atomic E-state index is 12.5. The van der Waals surface area contributed by atoms with Gasteiger partial charge >= 0.3 is 0 Å². The molecule has 1 heterocycles. The number of nitrogens with one attached hydrogen (secondary N) is 2. The van der Waals surface area contributed by atoms with E-state index < -0.39 is 0 Å². The summed E-state index contributed by atoms with van der Waals surface area (Å²) in [5, 5.41) is 6.09. The summed E-state index contributed by atoms with van der Waals surface area (Å²) in [6, 6.07) is 15.5. The molecule has 0 aliphatic heterocycles. The van der Waals surface area contributed by atoms with E-state index in [0.29, 0.717) is 33.0 Å². The Morgan fingerprint density at radius 3 is 2.69 bits per heavy atom. The van der Waals surface area contributed by atoms with Crippen molar-refractivity contribution >= 4 is 45.0 Å². The smallest absolute Gasteiger partial charge is 0.262 e. The molecule has 2 amide bonds. The van der Waals surface area contributed by atoms with E-state index in [1.165, 1.54) is 0 Å². The molecule has 2 N–H and O–H groups in total. The first kappa shape index (κ1) is 20.8. The van der Waals surface area contributed by atoms with Crippen molar-refractivity contribution in [2.75, 3.05) is 11.9 Å². The highest BCUT2D eigenvalue weighted by molar-refractivity contribution is 9.10. The van der Waals surface area contributed by atoms with Crippen LogP contribution in [0.4, 0.5) is 5.69 Å². The van der Waals surface area contributed by atoms with E-state index in [-0.39, 0.29) is 18.4 Å². The molecule has 0 atom stereocenters. The number of aromatic nitrogens is 1. The van der Waals surface area contributed by atoms with Crippen molar-refractivity contribution in [1.82, 2.24) is 10.3 Å². The van der Waals surface area contributed by atoms with Crippen molar-refractivity contribution in [3.05, 3.63) is 87.6 Å². The van der Waals surface area contributed by atoms with Gasteiger partial charge in [0.05, 0.1) is 15.7 Å². The molecular formula is C21H17BrClN3O3. The van der Waals surface area contributed by atoms with Gasteiger partial charge in [0, 0.05) is 24.0 Å². The first-order valence-corrected chi connectivity index (χ1v) is 9.84. The molecule has 0 aliphatic rings. The van der Waals surface area contributed by atoms with Gasteiger partial charge in [-0.25, -0.2) is 0 Å². The second-order valence-electron chi connectivity index (χ2n) is 6.00. The van der Waals surface area contributed by atoms with Gasteiger partial charge in [-0.2, -0.15) is 0 Å². The Kier molecular flexibility index (Phi) is 7.21. The van der Waals surface area contributed by atoms with E-state index in [0.717, 1.165) is 5.56 Å². The van der Waals surface area contributed by atoms with Crippen LogP contribution in [0.1, 0.15) is 15.9 Å². The average molecular weight is 475 g/mol. The van der Waals surface area contributed by atoms with E-state index in [4.69, 9.17) is 16.3 Å². The molecule has 6 nitrogen and oxygen atoms in total. The standard InChI is InChI=1S/C21H17BrClN3O3/c22-17-10-15(23)7-8-19(17)29-13-20(27)26-18-6-2-1-5-16(18)21(28)25-12-14-4-3-9-24-11-14/h1-11H,12-13H2,(H,25,28)(H,26,27). The van der Waals surface area contributed by atoms with Crippen molar-refractivity contribution in [2.24, 2.45) is 0 Å². The zero-order valence-electron chi connectivity index (χ0n) is 15.2. The fourth-order valence-electron chi connectivity index (χ4n) is 2.49. The van der Waals surface area contributed by atoms with Gasteiger partial charge in [0.1, 0.15) is 5.75 Å². The average Bonchev–Trinajstić information content (AvgIpc) is 2.72. The fraction of sp³-hybridized carbons (Fsp3) is 0.0952. The molecule has 0 unspecified atom stereocenters. The quantitative estimate of drug-likeness (QED) is 0.530. The second kappa shape index (κ2) is 10.0. The van der Waals surface area contributed by atoms with Gasteiger partial charge in [-0.1, -0.05) is 29.8 Å². The summed E-state index contributed by atoms with van der Waals surface area (Å²) >= 11 is 9.23. The minimum absolute atomic E-state index is 0.216. The van der Waals surface area contributed by atoms with Crippen LogP contribution in [0.25, 0.3) is 0 Å². The molecule has 8 heteroatoms. The van der Waals surface area contributed by atoms with Crippen LogP contribution in [0.2, 0.25) is 5.02 Å². The zero-order valence-corrected chi connectivity index (χ0v) is 17.5. The zero-order chi connectivity index (χ0) is 20.6. The number of carbonyl (C=O) groups excluding carboxylic acids is 2. The minimum atomic E-state index is -0.389. The molecule has 0 bridgehead atoms. The molecule has 3 rings (SSSR count). The molecule has 148 valence electrons. The van der Waals surface area contributed by atoms with Crippen LogP contribution in [0.5, 0.6) is 5.75 Å². The highest BCUT2D eigenvalue weighted by Gasteiger charge is 2.14. The van der Waals surface area contributed by atoms with Gasteiger partial charge in [-0.3, -0.25) is 14.6 Å². The number of amides is 2. The SMILES string of the molecule is O=C(COc1ccc(Cl)cc1Br)Nc1ccccc1C(=O)NCc1cccnc1. The fourth-order valence-corrected chi connectivity index (χ4v) is 3.29. The number of para-hydroxylation sites is 1. The van der Waals surface area contributed by atoms with E-state index in [2.05, 4.69) is 31.5 Å². The molecule has 0 radical (unpaired) electrons. The van der Waals surface area contributed by atoms with Crippen molar-refractivity contribution in [1.29, 1.82) is 0 Å². The maximum absolute atomic E-state index is 12.5. The normalized spacial score (nSPS) is 10.3. The van der Waals surface area contributed by atoms with Crippen molar-refractivity contribution in [3.8, 4) is 5.75 Å². The molecular weight excluding hydrogens is 458 g/mol.